The number of hydrogen-bond donors (Lipinski definition) is 1. The van der Waals surface area contributed by atoms with Crippen molar-refractivity contribution < 1.29 is 4.79 Å². The summed E-state index contributed by atoms with van der Waals surface area (Å²) in [5.41, 5.74) is 1.43. The van der Waals surface area contributed by atoms with Crippen LogP contribution in [0.15, 0.2) is 41.2 Å². The average Bonchev–Trinajstić information content (AvgIpc) is 3.11. The summed E-state index contributed by atoms with van der Waals surface area (Å²) in [6.07, 6.45) is 3.64. The lowest BCUT2D eigenvalue weighted by Crippen LogP contribution is -2.47. The van der Waals surface area contributed by atoms with Crippen LogP contribution in [0.25, 0.3) is 4.96 Å². The predicted molar refractivity (Wildman–Crippen MR) is 108 cm³/mol. The molecule has 1 aliphatic carbocycles. The highest BCUT2D eigenvalue weighted by Gasteiger charge is 2.47. The lowest BCUT2D eigenvalue weighted by atomic mass is 10.0. The van der Waals surface area contributed by atoms with Crippen LogP contribution in [0, 0.1) is 6.92 Å². The number of aromatic nitrogens is 3. The molecular weight excluding hydrogens is 374 g/mol. The van der Waals surface area contributed by atoms with E-state index < -0.39 is 0 Å². The molecule has 1 aromatic carbocycles. The van der Waals surface area contributed by atoms with Crippen LogP contribution >= 0.6 is 11.3 Å². The zero-order valence-electron chi connectivity index (χ0n) is 15.6. The van der Waals surface area contributed by atoms with Gasteiger partial charge >= 0.3 is 0 Å². The van der Waals surface area contributed by atoms with E-state index in [1.165, 1.54) is 27.5 Å². The number of carbonyl (C=O) groups excluding carboxylic acids is 1. The predicted octanol–water partition coefficient (Wildman–Crippen LogP) is 2.23. The van der Waals surface area contributed by atoms with Crippen LogP contribution in [-0.2, 0) is 10.3 Å². The number of fused-ring (bicyclic) bond motifs is 1. The Labute approximate surface area is 166 Å². The van der Waals surface area contributed by atoms with Crippen molar-refractivity contribution in [1.82, 2.24) is 19.9 Å². The minimum absolute atomic E-state index is 0.0367. The van der Waals surface area contributed by atoms with Gasteiger partial charge in [-0.2, -0.15) is 4.52 Å². The minimum Gasteiger partial charge on any atom is -0.345 e. The second kappa shape index (κ2) is 6.41. The molecule has 0 spiro atoms. The molecule has 1 saturated heterocycles. The molecule has 28 heavy (non-hydrogen) atoms. The van der Waals surface area contributed by atoms with Gasteiger partial charge in [0.2, 0.25) is 16.0 Å². The van der Waals surface area contributed by atoms with E-state index in [-0.39, 0.29) is 23.0 Å². The SMILES string of the molecule is Cc1cc(=O)n2nc(N3CCC[C@@H]3C(=O)NC3(c4ccccc4)CC3)sc2n1. The van der Waals surface area contributed by atoms with Gasteiger partial charge in [0, 0.05) is 18.3 Å². The van der Waals surface area contributed by atoms with Crippen molar-refractivity contribution in [2.45, 2.75) is 44.2 Å². The smallest absolute Gasteiger partial charge is 0.275 e. The summed E-state index contributed by atoms with van der Waals surface area (Å²) in [5, 5.41) is 8.41. The molecule has 1 amide bonds. The molecule has 7 nitrogen and oxygen atoms in total. The molecule has 2 aliphatic rings. The Hall–Kier alpha value is -2.74. The lowest BCUT2D eigenvalue weighted by molar-refractivity contribution is -0.123. The summed E-state index contributed by atoms with van der Waals surface area (Å²) in [6.45, 7) is 2.55. The van der Waals surface area contributed by atoms with Gasteiger partial charge in [0.25, 0.3) is 5.56 Å². The number of benzene rings is 1. The molecule has 3 heterocycles. The van der Waals surface area contributed by atoms with E-state index in [0.29, 0.717) is 15.8 Å². The highest BCUT2D eigenvalue weighted by molar-refractivity contribution is 7.20. The molecule has 2 aromatic heterocycles. The van der Waals surface area contributed by atoms with Crippen molar-refractivity contribution in [3.63, 3.8) is 0 Å². The number of nitrogens with one attached hydrogen (secondary N) is 1. The van der Waals surface area contributed by atoms with Gasteiger partial charge < -0.3 is 10.2 Å². The number of amides is 1. The zero-order chi connectivity index (χ0) is 19.3. The van der Waals surface area contributed by atoms with E-state index in [9.17, 15) is 9.59 Å². The van der Waals surface area contributed by atoms with Crippen molar-refractivity contribution in [2.24, 2.45) is 0 Å². The van der Waals surface area contributed by atoms with Crippen LogP contribution in [0.4, 0.5) is 5.13 Å². The molecular formula is C20H21N5O2S. The summed E-state index contributed by atoms with van der Waals surface area (Å²) in [7, 11) is 0. The van der Waals surface area contributed by atoms with E-state index in [1.54, 1.807) is 6.92 Å². The molecule has 144 valence electrons. The highest BCUT2D eigenvalue weighted by Crippen LogP contribution is 2.45. The first-order valence-corrected chi connectivity index (χ1v) is 10.4. The Balaban J connectivity index is 1.41. The molecule has 8 heteroatoms. The maximum absolute atomic E-state index is 13.1. The van der Waals surface area contributed by atoms with Crippen LogP contribution < -0.4 is 15.8 Å². The van der Waals surface area contributed by atoms with E-state index >= 15 is 0 Å². The molecule has 3 aromatic rings. The van der Waals surface area contributed by atoms with Crippen LogP contribution in [0.3, 0.4) is 0 Å². The van der Waals surface area contributed by atoms with Gasteiger partial charge in [0.05, 0.1) is 5.54 Å². The number of nitrogens with zero attached hydrogens (tertiary/aromatic N) is 4. The van der Waals surface area contributed by atoms with Gasteiger partial charge in [0.15, 0.2) is 0 Å². The molecule has 1 N–H and O–H groups in total. The number of rotatable bonds is 4. The Kier molecular flexibility index (Phi) is 3.97. The third-order valence-electron chi connectivity index (χ3n) is 5.60. The second-order valence-electron chi connectivity index (χ2n) is 7.60. The number of hydrogen-bond acceptors (Lipinski definition) is 6. The fraction of sp³-hybridized carbons (Fsp3) is 0.400. The maximum Gasteiger partial charge on any atom is 0.275 e. The van der Waals surface area contributed by atoms with Crippen LogP contribution in [0.1, 0.15) is 36.9 Å². The summed E-state index contributed by atoms with van der Waals surface area (Å²) >= 11 is 1.36. The third kappa shape index (κ3) is 2.88. The number of anilines is 1. The zero-order valence-corrected chi connectivity index (χ0v) is 16.4. The summed E-state index contributed by atoms with van der Waals surface area (Å²) in [4.78, 5) is 32.3. The minimum atomic E-state index is -0.265. The quantitative estimate of drug-likeness (QED) is 0.733. The number of carbonyl (C=O) groups is 1. The monoisotopic (exact) mass is 395 g/mol. The molecule has 0 bridgehead atoms. The van der Waals surface area contributed by atoms with Gasteiger partial charge in [-0.15, -0.1) is 5.10 Å². The van der Waals surface area contributed by atoms with Gasteiger partial charge in [-0.25, -0.2) is 4.98 Å². The van der Waals surface area contributed by atoms with Crippen molar-refractivity contribution in [3.8, 4) is 0 Å². The van der Waals surface area contributed by atoms with Crippen LogP contribution in [0.2, 0.25) is 0 Å². The molecule has 1 aliphatic heterocycles. The average molecular weight is 395 g/mol. The third-order valence-corrected chi connectivity index (χ3v) is 6.55. The van der Waals surface area contributed by atoms with Crippen LogP contribution in [-0.4, -0.2) is 33.1 Å². The molecule has 1 saturated carbocycles. The Morgan fingerprint density at radius 1 is 1.29 bits per heavy atom. The molecule has 1 atom stereocenters. The summed E-state index contributed by atoms with van der Waals surface area (Å²) < 4.78 is 1.33. The van der Waals surface area contributed by atoms with Gasteiger partial charge in [-0.1, -0.05) is 41.7 Å². The maximum atomic E-state index is 13.1. The summed E-state index contributed by atoms with van der Waals surface area (Å²) in [6, 6.07) is 11.4. The van der Waals surface area contributed by atoms with E-state index in [2.05, 4.69) is 27.5 Å². The van der Waals surface area contributed by atoms with Crippen molar-refractivity contribution in [2.75, 3.05) is 11.4 Å². The highest BCUT2D eigenvalue weighted by atomic mass is 32.1. The van der Waals surface area contributed by atoms with E-state index in [1.807, 2.05) is 23.1 Å². The molecule has 2 fully saturated rings. The Morgan fingerprint density at radius 3 is 2.82 bits per heavy atom. The molecule has 0 radical (unpaired) electrons. The van der Waals surface area contributed by atoms with Gasteiger partial charge in [0.1, 0.15) is 6.04 Å². The van der Waals surface area contributed by atoms with E-state index in [0.717, 1.165) is 32.2 Å². The lowest BCUT2D eigenvalue weighted by Gasteiger charge is -2.26. The van der Waals surface area contributed by atoms with E-state index in [4.69, 9.17) is 0 Å². The topological polar surface area (TPSA) is 79.6 Å². The summed E-state index contributed by atoms with van der Waals surface area (Å²) in [5.74, 6) is 0.0367. The largest absolute Gasteiger partial charge is 0.345 e. The number of aryl methyl sites for hydroxylation is 1. The first kappa shape index (κ1) is 17.4. The molecule has 0 unspecified atom stereocenters. The first-order chi connectivity index (χ1) is 13.6. The van der Waals surface area contributed by atoms with Crippen molar-refractivity contribution in [1.29, 1.82) is 0 Å². The fourth-order valence-corrected chi connectivity index (χ4v) is 5.01. The van der Waals surface area contributed by atoms with Gasteiger partial charge in [-0.3, -0.25) is 9.59 Å². The standard InChI is InChI=1S/C20H21N5O2S/c1-13-12-16(26)25-18(21-13)28-19(23-25)24-11-5-8-15(24)17(27)22-20(9-10-20)14-6-3-2-4-7-14/h2-4,6-7,12,15H,5,8-11H2,1H3,(H,22,27)/t15-/m1/s1. The van der Waals surface area contributed by atoms with Crippen molar-refractivity contribution >= 4 is 27.3 Å². The molecule has 5 rings (SSSR count). The first-order valence-electron chi connectivity index (χ1n) is 9.57. The Morgan fingerprint density at radius 2 is 2.07 bits per heavy atom. The normalized spacial score (nSPS) is 20.5. The fourth-order valence-electron chi connectivity index (χ4n) is 3.98. The second-order valence-corrected chi connectivity index (χ2v) is 8.54. The van der Waals surface area contributed by atoms with Crippen LogP contribution in [0.5, 0.6) is 0 Å². The van der Waals surface area contributed by atoms with Gasteiger partial charge in [-0.05, 0) is 38.2 Å². The Bertz CT molecular complexity index is 1100. The van der Waals surface area contributed by atoms with Crippen molar-refractivity contribution in [3.05, 3.63) is 58.0 Å².